The lowest BCUT2D eigenvalue weighted by Gasteiger charge is -2.31. The standard InChI is InChI=1S/C47H52N6O6/c1-28(2)43(52-46(56)57-3)45(55)53-27-47(58-17-18-59-47)22-40(53)38-20-36(25-49-38)32-10-6-30(7-11-32)31-8-12-33(13-9-31)37-21-39(50-26-37)41-34-14-15-35(19-34)42(41)44(54)51-24-29-5-4-16-48-23-29/h4-13,16,23,25-26,28,34-35,40-43H,14-15,17-22,24,27H2,1-3H3,(H,51,54)(H,52,56)/t34?,35?,40-,41?,42+,43-/m0/s1. The van der Waals surface area contributed by atoms with Crippen LogP contribution in [0.15, 0.2) is 95.4 Å². The lowest BCUT2D eigenvalue weighted by molar-refractivity contribution is -0.153. The van der Waals surface area contributed by atoms with Crippen LogP contribution in [0.1, 0.15) is 69.1 Å². The number of aromatic nitrogens is 1. The fourth-order valence-corrected chi connectivity index (χ4v) is 10.3. The summed E-state index contributed by atoms with van der Waals surface area (Å²) >= 11 is 0. The van der Waals surface area contributed by atoms with Crippen LogP contribution in [0.4, 0.5) is 4.79 Å². The summed E-state index contributed by atoms with van der Waals surface area (Å²) in [5, 5.41) is 5.93. The second-order valence-electron chi connectivity index (χ2n) is 17.2. The van der Waals surface area contributed by atoms with Gasteiger partial charge in [-0.2, -0.15) is 0 Å². The molecule has 4 aliphatic heterocycles. The SMILES string of the molecule is COC(=O)N[C@H](C(=O)N1CC2(C[C@H]1C1=NC=C(c3ccc(-c4ccc(C5=CN=C(C6C7CCC(C7)[C@H]6C(=O)NCc6cccnc6)C5)cc4)cc3)C1)OCCO2)C(C)C. The predicted molar refractivity (Wildman–Crippen MR) is 225 cm³/mol. The van der Waals surface area contributed by atoms with Crippen LogP contribution in [0.2, 0.25) is 0 Å². The molecule has 3 aromatic rings. The number of hydrogen-bond donors (Lipinski definition) is 2. The summed E-state index contributed by atoms with van der Waals surface area (Å²) in [5.41, 5.74) is 9.77. The van der Waals surface area contributed by atoms with Crippen LogP contribution in [0, 0.1) is 29.6 Å². The Hall–Kier alpha value is -5.46. The van der Waals surface area contributed by atoms with Gasteiger partial charge in [-0.05, 0) is 82.0 Å². The van der Waals surface area contributed by atoms with Gasteiger partial charge in [0.2, 0.25) is 11.8 Å². The van der Waals surface area contributed by atoms with Crippen molar-refractivity contribution in [2.24, 2.45) is 39.6 Å². The third-order valence-electron chi connectivity index (χ3n) is 13.3. The van der Waals surface area contributed by atoms with Gasteiger partial charge in [-0.15, -0.1) is 0 Å². The van der Waals surface area contributed by atoms with Crippen molar-refractivity contribution in [2.45, 2.75) is 76.8 Å². The first kappa shape index (κ1) is 39.0. The Balaban J connectivity index is 0.821. The Kier molecular flexibility index (Phi) is 10.8. The fourth-order valence-electron chi connectivity index (χ4n) is 10.3. The normalized spacial score (nSPS) is 25.8. The molecule has 6 aliphatic rings. The monoisotopic (exact) mass is 796 g/mol. The van der Waals surface area contributed by atoms with Crippen molar-refractivity contribution in [3.63, 3.8) is 0 Å². The van der Waals surface area contributed by atoms with Gasteiger partial charge in [-0.25, -0.2) is 4.79 Å². The van der Waals surface area contributed by atoms with Crippen LogP contribution >= 0.6 is 0 Å². The van der Waals surface area contributed by atoms with Crippen LogP contribution in [-0.2, 0) is 30.3 Å². The number of methoxy groups -OCH3 is 1. The maximum Gasteiger partial charge on any atom is 0.407 e. The number of likely N-dealkylation sites (tertiary alicyclic amines) is 1. The highest BCUT2D eigenvalue weighted by molar-refractivity contribution is 6.04. The second-order valence-corrected chi connectivity index (χ2v) is 17.2. The molecule has 2 bridgehead atoms. The van der Waals surface area contributed by atoms with Crippen LogP contribution in [0.3, 0.4) is 0 Å². The number of ether oxygens (including phenoxy) is 3. The van der Waals surface area contributed by atoms with E-state index in [1.54, 1.807) is 11.1 Å². The Labute approximate surface area is 345 Å². The molecule has 0 radical (unpaired) electrons. The van der Waals surface area contributed by atoms with Gasteiger partial charge < -0.3 is 29.7 Å². The minimum Gasteiger partial charge on any atom is -0.453 e. The average molecular weight is 797 g/mol. The zero-order valence-corrected chi connectivity index (χ0v) is 33.9. The number of aliphatic imine (C=N–C) groups is 2. The summed E-state index contributed by atoms with van der Waals surface area (Å²) in [6.07, 6.45) is 12.1. The number of nitrogens with one attached hydrogen (secondary N) is 2. The van der Waals surface area contributed by atoms with Gasteiger partial charge in [0.15, 0.2) is 5.79 Å². The molecule has 9 rings (SSSR count). The molecular formula is C47H52N6O6. The summed E-state index contributed by atoms with van der Waals surface area (Å²) in [4.78, 5) is 55.5. The van der Waals surface area contributed by atoms with Crippen molar-refractivity contribution in [3.8, 4) is 11.1 Å². The summed E-state index contributed by atoms with van der Waals surface area (Å²) in [6, 6.07) is 20.0. The van der Waals surface area contributed by atoms with Gasteiger partial charge in [-0.3, -0.25) is 24.6 Å². The molecule has 1 spiro atoms. The molecule has 306 valence electrons. The highest BCUT2D eigenvalue weighted by Crippen LogP contribution is 2.54. The van der Waals surface area contributed by atoms with Gasteiger partial charge in [0.05, 0.1) is 32.9 Å². The van der Waals surface area contributed by atoms with E-state index in [1.165, 1.54) is 19.1 Å². The summed E-state index contributed by atoms with van der Waals surface area (Å²) in [6.45, 7) is 5.51. The van der Waals surface area contributed by atoms with E-state index < -0.39 is 17.9 Å². The number of alkyl carbamates (subject to hydrolysis) is 1. The number of carbonyl (C=O) groups excluding carboxylic acids is 3. The number of nitrogens with zero attached hydrogens (tertiary/aromatic N) is 4. The van der Waals surface area contributed by atoms with Crippen molar-refractivity contribution in [1.82, 2.24) is 20.5 Å². The highest BCUT2D eigenvalue weighted by Gasteiger charge is 2.54. The van der Waals surface area contributed by atoms with E-state index in [-0.39, 0.29) is 42.2 Å². The van der Waals surface area contributed by atoms with E-state index in [2.05, 4.69) is 64.1 Å². The van der Waals surface area contributed by atoms with Crippen LogP contribution < -0.4 is 10.6 Å². The first-order chi connectivity index (χ1) is 28.7. The minimum atomic E-state index is -0.878. The molecule has 3 unspecified atom stereocenters. The zero-order valence-electron chi connectivity index (χ0n) is 33.9. The zero-order chi connectivity index (χ0) is 40.7. The van der Waals surface area contributed by atoms with Gasteiger partial charge >= 0.3 is 6.09 Å². The molecule has 6 atom stereocenters. The number of allylic oxidation sites excluding steroid dienone is 2. The second kappa shape index (κ2) is 16.3. The molecule has 2 saturated heterocycles. The van der Waals surface area contributed by atoms with Crippen LogP contribution in [-0.4, -0.2) is 84.0 Å². The molecule has 2 N–H and O–H groups in total. The van der Waals surface area contributed by atoms with Crippen molar-refractivity contribution in [1.29, 1.82) is 0 Å². The Morgan fingerprint density at radius 1 is 0.864 bits per heavy atom. The number of benzene rings is 2. The molecule has 1 aromatic heterocycles. The fraction of sp³-hybridized carbons (Fsp3) is 0.447. The first-order valence-corrected chi connectivity index (χ1v) is 21.0. The molecule has 2 saturated carbocycles. The van der Waals surface area contributed by atoms with Gasteiger partial charge in [0, 0.05) is 73.9 Å². The van der Waals surface area contributed by atoms with E-state index in [1.807, 2.05) is 44.6 Å². The number of pyridine rings is 1. The van der Waals surface area contributed by atoms with E-state index in [0.717, 1.165) is 64.1 Å². The molecule has 5 heterocycles. The number of carbonyl (C=O) groups is 3. The quantitative estimate of drug-likeness (QED) is 0.217. The molecule has 2 aromatic carbocycles. The van der Waals surface area contributed by atoms with Gasteiger partial charge in [0.1, 0.15) is 6.04 Å². The smallest absolute Gasteiger partial charge is 0.407 e. The lowest BCUT2D eigenvalue weighted by Crippen LogP contribution is -2.54. The molecular weight excluding hydrogens is 745 g/mol. The minimum absolute atomic E-state index is 0.0189. The highest BCUT2D eigenvalue weighted by atomic mass is 16.7. The first-order valence-electron chi connectivity index (χ1n) is 21.0. The van der Waals surface area contributed by atoms with Crippen molar-refractivity contribution in [2.75, 3.05) is 26.9 Å². The van der Waals surface area contributed by atoms with Crippen molar-refractivity contribution in [3.05, 3.63) is 102 Å². The number of fused-ring (bicyclic) bond motifs is 2. The Morgan fingerprint density at radius 2 is 1.49 bits per heavy atom. The maximum absolute atomic E-state index is 14.0. The summed E-state index contributed by atoms with van der Waals surface area (Å²) in [7, 11) is 1.29. The largest absolute Gasteiger partial charge is 0.453 e. The Bertz CT molecular complexity index is 2210. The van der Waals surface area contributed by atoms with Crippen molar-refractivity contribution >= 4 is 40.5 Å². The van der Waals surface area contributed by atoms with Crippen molar-refractivity contribution < 1.29 is 28.6 Å². The number of rotatable bonds is 11. The summed E-state index contributed by atoms with van der Waals surface area (Å²) in [5.74, 6) is 0.0429. The maximum atomic E-state index is 14.0. The topological polar surface area (TPSA) is 144 Å². The van der Waals surface area contributed by atoms with Crippen LogP contribution in [0.25, 0.3) is 22.3 Å². The third kappa shape index (κ3) is 7.76. The van der Waals surface area contributed by atoms with Crippen LogP contribution in [0.5, 0.6) is 0 Å². The van der Waals surface area contributed by atoms with E-state index in [0.29, 0.717) is 44.4 Å². The molecule has 2 aliphatic carbocycles. The summed E-state index contributed by atoms with van der Waals surface area (Å²) < 4.78 is 16.9. The van der Waals surface area contributed by atoms with E-state index in [9.17, 15) is 14.4 Å². The molecule has 12 heteroatoms. The molecule has 59 heavy (non-hydrogen) atoms. The van der Waals surface area contributed by atoms with Gasteiger partial charge in [-0.1, -0.05) is 68.4 Å². The third-order valence-corrected chi connectivity index (χ3v) is 13.3. The Morgan fingerprint density at radius 3 is 2.12 bits per heavy atom. The molecule has 3 amide bonds. The molecule has 12 nitrogen and oxygen atoms in total. The van der Waals surface area contributed by atoms with E-state index in [4.69, 9.17) is 24.2 Å². The molecule has 4 fully saturated rings. The number of amides is 3. The number of hydrogen-bond acceptors (Lipinski definition) is 9. The van der Waals surface area contributed by atoms with E-state index >= 15 is 0 Å². The predicted octanol–water partition coefficient (Wildman–Crippen LogP) is 6.82. The lowest BCUT2D eigenvalue weighted by atomic mass is 9.75. The van der Waals surface area contributed by atoms with Gasteiger partial charge in [0.25, 0.3) is 0 Å². The average Bonchev–Trinajstić information content (AvgIpc) is 4.14.